The van der Waals surface area contributed by atoms with E-state index < -0.39 is 6.04 Å². The first-order valence-corrected chi connectivity index (χ1v) is 6.79. The zero-order valence-electron chi connectivity index (χ0n) is 11.5. The van der Waals surface area contributed by atoms with Crippen molar-refractivity contribution in [3.63, 3.8) is 0 Å². The van der Waals surface area contributed by atoms with Crippen LogP contribution in [0, 0.1) is 6.92 Å². The minimum atomic E-state index is -0.392. The molecule has 0 aliphatic heterocycles. The summed E-state index contributed by atoms with van der Waals surface area (Å²) in [4.78, 5) is 12.3. The number of carbonyl (C=O) groups excluding carboxylic acids is 1. The van der Waals surface area contributed by atoms with Gasteiger partial charge in [0, 0.05) is 10.7 Å². The van der Waals surface area contributed by atoms with Gasteiger partial charge in [-0.2, -0.15) is 0 Å². The van der Waals surface area contributed by atoms with Gasteiger partial charge in [0.25, 0.3) is 0 Å². The molecule has 3 nitrogen and oxygen atoms in total. The average Bonchev–Trinajstić information content (AvgIpc) is 2.45. The van der Waals surface area contributed by atoms with Crippen LogP contribution in [0.1, 0.15) is 17.2 Å². The summed E-state index contributed by atoms with van der Waals surface area (Å²) in [5.74, 6) is -0.112. The minimum absolute atomic E-state index is 0.112. The van der Waals surface area contributed by atoms with Crippen LogP contribution in [0.3, 0.4) is 0 Å². The van der Waals surface area contributed by atoms with Crippen molar-refractivity contribution in [1.82, 2.24) is 5.32 Å². The van der Waals surface area contributed by atoms with Crippen molar-refractivity contribution in [3.8, 4) is 0 Å². The van der Waals surface area contributed by atoms with Gasteiger partial charge in [0.05, 0.1) is 0 Å². The van der Waals surface area contributed by atoms with Crippen molar-refractivity contribution in [2.45, 2.75) is 13.0 Å². The Balaban J connectivity index is 2.15. The highest BCUT2D eigenvalue weighted by Gasteiger charge is 2.18. The molecule has 0 aliphatic rings. The van der Waals surface area contributed by atoms with Crippen molar-refractivity contribution in [2.75, 3.05) is 12.4 Å². The predicted octanol–water partition coefficient (Wildman–Crippen LogP) is 3.55. The zero-order valence-corrected chi connectivity index (χ0v) is 12.2. The Morgan fingerprint density at radius 1 is 1.15 bits per heavy atom. The van der Waals surface area contributed by atoms with Crippen LogP contribution >= 0.6 is 11.6 Å². The van der Waals surface area contributed by atoms with Gasteiger partial charge in [-0.3, -0.25) is 4.79 Å². The number of rotatable bonds is 4. The SMILES string of the molecule is CN[C@@H](C(=O)Nc1ccc(C)c(Cl)c1)c1ccccc1. The number of likely N-dealkylation sites (N-methyl/N-ethyl adjacent to an activating group) is 1. The second-order valence-electron chi connectivity index (χ2n) is 4.59. The largest absolute Gasteiger partial charge is 0.324 e. The Morgan fingerprint density at radius 2 is 1.85 bits per heavy atom. The fourth-order valence-electron chi connectivity index (χ4n) is 1.98. The van der Waals surface area contributed by atoms with Gasteiger partial charge in [-0.15, -0.1) is 0 Å². The number of benzene rings is 2. The average molecular weight is 289 g/mol. The van der Waals surface area contributed by atoms with E-state index in [9.17, 15) is 4.79 Å². The van der Waals surface area contributed by atoms with Gasteiger partial charge in [-0.25, -0.2) is 0 Å². The highest BCUT2D eigenvalue weighted by atomic mass is 35.5. The fourth-order valence-corrected chi connectivity index (χ4v) is 2.16. The topological polar surface area (TPSA) is 41.1 Å². The first kappa shape index (κ1) is 14.6. The molecule has 0 aliphatic carbocycles. The van der Waals surface area contributed by atoms with E-state index >= 15 is 0 Å². The third-order valence-electron chi connectivity index (χ3n) is 3.12. The van der Waals surface area contributed by atoms with E-state index in [-0.39, 0.29) is 5.91 Å². The zero-order chi connectivity index (χ0) is 14.5. The van der Waals surface area contributed by atoms with Crippen molar-refractivity contribution in [1.29, 1.82) is 0 Å². The number of halogens is 1. The summed E-state index contributed by atoms with van der Waals surface area (Å²) in [6.45, 7) is 1.92. The van der Waals surface area contributed by atoms with Crippen LogP contribution in [0.5, 0.6) is 0 Å². The standard InChI is InChI=1S/C16H17ClN2O/c1-11-8-9-13(10-14(11)17)19-16(20)15(18-2)12-6-4-3-5-7-12/h3-10,15,18H,1-2H3,(H,19,20)/t15-/m1/s1. The molecule has 4 heteroatoms. The number of hydrogen-bond acceptors (Lipinski definition) is 2. The number of carbonyl (C=O) groups is 1. The minimum Gasteiger partial charge on any atom is -0.324 e. The third-order valence-corrected chi connectivity index (χ3v) is 3.53. The van der Waals surface area contributed by atoms with E-state index in [0.29, 0.717) is 10.7 Å². The summed E-state index contributed by atoms with van der Waals surface area (Å²) in [6.07, 6.45) is 0. The van der Waals surface area contributed by atoms with Gasteiger partial charge in [0.15, 0.2) is 0 Å². The second kappa shape index (κ2) is 6.55. The van der Waals surface area contributed by atoms with Crippen LogP contribution in [0.25, 0.3) is 0 Å². The van der Waals surface area contributed by atoms with E-state index in [1.807, 2.05) is 49.4 Å². The first-order chi connectivity index (χ1) is 9.61. The molecule has 1 atom stereocenters. The molecule has 0 heterocycles. The molecular weight excluding hydrogens is 272 g/mol. The Labute approximate surface area is 124 Å². The molecule has 2 N–H and O–H groups in total. The van der Waals surface area contributed by atoms with Gasteiger partial charge < -0.3 is 10.6 Å². The van der Waals surface area contributed by atoms with E-state index in [1.165, 1.54) is 0 Å². The number of anilines is 1. The van der Waals surface area contributed by atoms with Crippen LogP contribution in [-0.2, 0) is 4.79 Å². The maximum Gasteiger partial charge on any atom is 0.246 e. The lowest BCUT2D eigenvalue weighted by Gasteiger charge is -2.16. The van der Waals surface area contributed by atoms with Crippen molar-refractivity contribution >= 4 is 23.2 Å². The van der Waals surface area contributed by atoms with E-state index in [4.69, 9.17) is 11.6 Å². The number of hydrogen-bond donors (Lipinski definition) is 2. The van der Waals surface area contributed by atoms with Crippen molar-refractivity contribution in [2.24, 2.45) is 0 Å². The highest BCUT2D eigenvalue weighted by Crippen LogP contribution is 2.21. The Kier molecular flexibility index (Phi) is 4.77. The van der Waals surface area contributed by atoms with Gasteiger partial charge in [-0.1, -0.05) is 48.0 Å². The Hall–Kier alpha value is -1.84. The lowest BCUT2D eigenvalue weighted by atomic mass is 10.1. The highest BCUT2D eigenvalue weighted by molar-refractivity contribution is 6.31. The molecular formula is C16H17ClN2O. The fraction of sp³-hybridized carbons (Fsp3) is 0.188. The van der Waals surface area contributed by atoms with Gasteiger partial charge in [-0.05, 0) is 37.2 Å². The van der Waals surface area contributed by atoms with E-state index in [2.05, 4.69) is 10.6 Å². The first-order valence-electron chi connectivity index (χ1n) is 6.41. The van der Waals surface area contributed by atoms with Crippen molar-refractivity contribution < 1.29 is 4.79 Å². The van der Waals surface area contributed by atoms with Crippen LogP contribution in [-0.4, -0.2) is 13.0 Å². The summed E-state index contributed by atoms with van der Waals surface area (Å²) in [5.41, 5.74) is 2.60. The smallest absolute Gasteiger partial charge is 0.246 e. The third kappa shape index (κ3) is 3.38. The molecule has 2 aromatic carbocycles. The number of nitrogens with one attached hydrogen (secondary N) is 2. The normalized spacial score (nSPS) is 11.9. The quantitative estimate of drug-likeness (QED) is 0.903. The molecule has 0 saturated heterocycles. The van der Waals surface area contributed by atoms with Crippen LogP contribution < -0.4 is 10.6 Å². The lowest BCUT2D eigenvalue weighted by Crippen LogP contribution is -2.30. The van der Waals surface area contributed by atoms with E-state index in [1.54, 1.807) is 13.1 Å². The summed E-state index contributed by atoms with van der Waals surface area (Å²) < 4.78 is 0. The predicted molar refractivity (Wildman–Crippen MR) is 83.1 cm³/mol. The molecule has 0 fully saturated rings. The molecule has 0 unspecified atom stereocenters. The van der Waals surface area contributed by atoms with Gasteiger partial charge in [0.2, 0.25) is 5.91 Å². The Bertz CT molecular complexity index is 599. The van der Waals surface area contributed by atoms with Gasteiger partial charge >= 0.3 is 0 Å². The number of amides is 1. The molecule has 0 spiro atoms. The molecule has 0 saturated carbocycles. The van der Waals surface area contributed by atoms with Crippen molar-refractivity contribution in [3.05, 3.63) is 64.7 Å². The molecule has 0 radical (unpaired) electrons. The van der Waals surface area contributed by atoms with Crippen LogP contribution in [0.4, 0.5) is 5.69 Å². The molecule has 1 amide bonds. The summed E-state index contributed by atoms with van der Waals surface area (Å²) >= 11 is 6.06. The van der Waals surface area contributed by atoms with Crippen LogP contribution in [0.15, 0.2) is 48.5 Å². The van der Waals surface area contributed by atoms with Gasteiger partial charge in [0.1, 0.15) is 6.04 Å². The second-order valence-corrected chi connectivity index (χ2v) is 4.99. The molecule has 2 aromatic rings. The summed E-state index contributed by atoms with van der Waals surface area (Å²) in [5, 5.41) is 6.54. The molecule has 20 heavy (non-hydrogen) atoms. The lowest BCUT2D eigenvalue weighted by molar-refractivity contribution is -0.118. The monoisotopic (exact) mass is 288 g/mol. The molecule has 2 rings (SSSR count). The molecule has 0 bridgehead atoms. The van der Waals surface area contributed by atoms with Crippen LogP contribution in [0.2, 0.25) is 5.02 Å². The summed E-state index contributed by atoms with van der Waals surface area (Å²) in [6, 6.07) is 14.7. The summed E-state index contributed by atoms with van der Waals surface area (Å²) in [7, 11) is 1.76. The molecule has 0 aromatic heterocycles. The maximum atomic E-state index is 12.3. The van der Waals surface area contributed by atoms with E-state index in [0.717, 1.165) is 11.1 Å². The molecule has 104 valence electrons. The number of aryl methyl sites for hydroxylation is 1. The Morgan fingerprint density at radius 3 is 2.45 bits per heavy atom. The maximum absolute atomic E-state index is 12.3.